The van der Waals surface area contributed by atoms with Crippen LogP contribution >= 0.6 is 11.8 Å². The molecule has 0 aromatic rings. The van der Waals surface area contributed by atoms with Crippen molar-refractivity contribution in [1.29, 1.82) is 0 Å². The maximum Gasteiger partial charge on any atom is 0.245 e. The number of hydrogen-bond donors (Lipinski definition) is 12. The van der Waals surface area contributed by atoms with E-state index in [2.05, 4.69) is 119 Å². The van der Waals surface area contributed by atoms with Crippen molar-refractivity contribution in [3.63, 3.8) is 0 Å². The van der Waals surface area contributed by atoms with Gasteiger partial charge in [-0.15, -0.1) is 24.9 Å². The Balaban J connectivity index is -0.000000173. The molecule has 0 saturated heterocycles. The predicted molar refractivity (Wildman–Crippen MR) is 306 cm³/mol. The standard InChI is InChI=1S/C17H32N4O5S.C13H27N4O2.C12H25N4O2.2C5H11.2Y/c1-11(23)18-10-27-9-13(15(25)17(2,3)4)20-16(26)12(8-22)19-14(24)7-21(5)6;1-10(16-18)12(3,4)14-8-7-9-15-13(5,6)11(2)17-19;1-10(16-18)12(4,5)14-8-6-7-13-11(2,3)9-15-17;2*1-5(2,3)4;;/h12-13,22H,7-10H2,1-6H3,(H,18,23)(H,19,24)(H,20,26);7,14-15,18-19H,8-9H2,1-6H3;13-14,17-18H,6-8H2,1-5H3;2*1H2,2-4H3;;/q;4*-1;;/b;16-10+,17-11+;16-10+;;;;/t12-,13-;;;;;;/m0....../s1. The quantitative estimate of drug-likeness (QED) is 0.0119. The van der Waals surface area contributed by atoms with Crippen LogP contribution in [0.2, 0.25) is 0 Å². The largest absolute Gasteiger partial charge is 0.447 e. The van der Waals surface area contributed by atoms with Crippen LogP contribution in [0.1, 0.15) is 152 Å². The minimum atomic E-state index is -1.15. The zero-order valence-corrected chi connectivity index (χ0v) is 57.7. The van der Waals surface area contributed by atoms with Crippen LogP contribution < -0.4 is 37.2 Å². The number of aliphatic hydroxyl groups is 1. The van der Waals surface area contributed by atoms with E-state index >= 15 is 0 Å². The van der Waals surface area contributed by atoms with Crippen molar-refractivity contribution in [2.75, 3.05) is 65.1 Å². The Bertz CT molecular complexity index is 1660. The Morgan fingerprint density at radius 1 is 0.632 bits per heavy atom. The Hall–Kier alpha value is -1.72. The van der Waals surface area contributed by atoms with Crippen molar-refractivity contribution in [3.8, 4) is 0 Å². The maximum absolute atomic E-state index is 12.6. The molecular weight excluding hydrogens is 1150 g/mol. The monoisotopic (exact) mass is 1250 g/mol. The SMILES string of the molecule is C/C(=N\O)C(C)(C)NCCCNC(C)(C)[C-]=NO.C/C(=N\O)C(C)(C)NC[CH-]CNC(C)(C)/C(C)=N/O.CC(=O)NCSC[C@H](NC(=O)[C@H](CO)NC(=O)CN(C)C)C(=O)C(C)(C)C.[CH2-]C(C)(C)C.[CH2-]C(C)(C)C.[Y].[Y]. The first-order valence-electron chi connectivity index (χ1n) is 24.7. The summed E-state index contributed by atoms with van der Waals surface area (Å²) in [5.74, 6) is -0.842. The molecular formula is C52H106N12O9SY2-4. The first-order chi connectivity index (χ1) is 33.3. The van der Waals surface area contributed by atoms with Gasteiger partial charge in [0.1, 0.15) is 6.04 Å². The molecule has 0 spiro atoms. The van der Waals surface area contributed by atoms with Crippen LogP contribution in [0.4, 0.5) is 0 Å². The topological polar surface area (TPSA) is 306 Å². The summed E-state index contributed by atoms with van der Waals surface area (Å²) in [5, 5.41) is 77.4. The third-order valence-electron chi connectivity index (χ3n) is 9.73. The van der Waals surface area contributed by atoms with Gasteiger partial charge in [-0.1, -0.05) is 97.2 Å². The molecule has 24 heteroatoms. The summed E-state index contributed by atoms with van der Waals surface area (Å²) in [5.41, 5.74) is 0.295. The molecule has 0 fully saturated rings. The molecule has 2 radical (unpaired) electrons. The smallest absolute Gasteiger partial charge is 0.245 e. The van der Waals surface area contributed by atoms with Gasteiger partial charge < -0.3 is 99.7 Å². The van der Waals surface area contributed by atoms with E-state index in [4.69, 9.17) is 20.8 Å². The molecule has 0 saturated carbocycles. The molecule has 0 aromatic carbocycles. The summed E-state index contributed by atoms with van der Waals surface area (Å²) in [6.45, 7) is 49.9. The van der Waals surface area contributed by atoms with Crippen LogP contribution in [-0.2, 0) is 84.6 Å². The van der Waals surface area contributed by atoms with E-state index in [-0.39, 0.29) is 117 Å². The summed E-state index contributed by atoms with van der Waals surface area (Å²) in [6, 6.07) is -1.95. The van der Waals surface area contributed by atoms with E-state index < -0.39 is 41.5 Å². The number of hydrogen-bond acceptors (Lipinski definition) is 19. The van der Waals surface area contributed by atoms with E-state index in [1.807, 2.05) is 61.8 Å². The average molecular weight is 1250 g/mol. The Kier molecular flexibility index (Phi) is 51.0. The van der Waals surface area contributed by atoms with E-state index in [1.165, 1.54) is 18.7 Å². The summed E-state index contributed by atoms with van der Waals surface area (Å²) in [6.07, 6.45) is 5.50. The van der Waals surface area contributed by atoms with Gasteiger partial charge in [-0.05, 0) is 95.9 Å². The van der Waals surface area contributed by atoms with Gasteiger partial charge in [0.05, 0.1) is 58.8 Å². The van der Waals surface area contributed by atoms with E-state index in [0.717, 1.165) is 19.5 Å². The van der Waals surface area contributed by atoms with Gasteiger partial charge in [-0.3, -0.25) is 19.2 Å². The van der Waals surface area contributed by atoms with Gasteiger partial charge in [-0.2, -0.15) is 10.8 Å². The number of nitrogens with one attached hydrogen (secondary N) is 7. The molecule has 0 rings (SSSR count). The number of aliphatic hydroxyl groups excluding tert-OH is 1. The van der Waals surface area contributed by atoms with E-state index in [0.29, 0.717) is 36.1 Å². The fourth-order valence-corrected chi connectivity index (χ4v) is 5.46. The van der Waals surface area contributed by atoms with Gasteiger partial charge in [0.2, 0.25) is 17.7 Å². The fourth-order valence-electron chi connectivity index (χ4n) is 4.57. The minimum Gasteiger partial charge on any atom is -0.447 e. The second-order valence-corrected chi connectivity index (χ2v) is 24.6. The van der Waals surface area contributed by atoms with Crippen LogP contribution in [0, 0.1) is 36.5 Å². The van der Waals surface area contributed by atoms with Gasteiger partial charge >= 0.3 is 0 Å². The number of likely N-dealkylation sites (N-methyl/N-ethyl adjacent to an activating group) is 1. The minimum absolute atomic E-state index is 0. The summed E-state index contributed by atoms with van der Waals surface area (Å²) < 4.78 is 0. The number of ketones is 1. The fraction of sp³-hybridized carbons (Fsp3) is 0.788. The van der Waals surface area contributed by atoms with Crippen LogP contribution in [0.25, 0.3) is 0 Å². The Morgan fingerprint density at radius 2 is 1.01 bits per heavy atom. The van der Waals surface area contributed by atoms with Crippen molar-refractivity contribution in [1.82, 2.24) is 42.1 Å². The van der Waals surface area contributed by atoms with Gasteiger partial charge in [0.15, 0.2) is 5.78 Å². The molecule has 444 valence electrons. The normalized spacial score (nSPS) is 13.5. The molecule has 0 aromatic heterocycles. The van der Waals surface area contributed by atoms with Gasteiger partial charge in [0, 0.05) is 83.5 Å². The molecule has 0 heterocycles. The second kappa shape index (κ2) is 44.0. The zero-order valence-electron chi connectivity index (χ0n) is 51.2. The first kappa shape index (κ1) is 88.1. The first-order valence-corrected chi connectivity index (χ1v) is 25.9. The summed E-state index contributed by atoms with van der Waals surface area (Å²) >= 11 is 1.29. The number of Topliss-reactive ketones (excluding diaryl/α,β-unsaturated/α-hetero) is 1. The van der Waals surface area contributed by atoms with Gasteiger partial charge in [-0.25, -0.2) is 0 Å². The number of thioether (sulfide) groups is 1. The number of rotatable bonds is 27. The summed E-state index contributed by atoms with van der Waals surface area (Å²) in [4.78, 5) is 49.5. The molecule has 2 atom stereocenters. The Morgan fingerprint density at radius 3 is 1.34 bits per heavy atom. The number of nitrogens with zero attached hydrogens (tertiary/aromatic N) is 5. The second-order valence-electron chi connectivity index (χ2n) is 23.6. The van der Waals surface area contributed by atoms with E-state index in [9.17, 15) is 24.3 Å². The third kappa shape index (κ3) is 55.6. The van der Waals surface area contributed by atoms with Crippen molar-refractivity contribution in [2.24, 2.45) is 36.9 Å². The maximum atomic E-state index is 12.6. The molecule has 3 amide bonds. The van der Waals surface area contributed by atoms with Gasteiger partial charge in [0.25, 0.3) is 0 Å². The molecule has 0 aliphatic heterocycles. The Labute approximate surface area is 515 Å². The zero-order chi connectivity index (χ0) is 59.5. The molecule has 0 unspecified atom stereocenters. The molecule has 0 aliphatic rings. The van der Waals surface area contributed by atoms with Crippen molar-refractivity contribution in [2.45, 2.75) is 186 Å². The molecule has 0 bridgehead atoms. The molecule has 76 heavy (non-hydrogen) atoms. The van der Waals surface area contributed by atoms with Crippen molar-refractivity contribution in [3.05, 3.63) is 20.3 Å². The van der Waals surface area contributed by atoms with Crippen molar-refractivity contribution >= 4 is 58.6 Å². The average Bonchev–Trinajstić information content (AvgIpc) is 3.23. The van der Waals surface area contributed by atoms with E-state index in [1.54, 1.807) is 60.5 Å². The van der Waals surface area contributed by atoms with Crippen LogP contribution in [0.3, 0.4) is 0 Å². The number of amides is 3. The van der Waals surface area contributed by atoms with Crippen LogP contribution in [0.5, 0.6) is 0 Å². The van der Waals surface area contributed by atoms with Crippen LogP contribution in [0.15, 0.2) is 20.6 Å². The number of oxime groups is 3. The third-order valence-corrected chi connectivity index (χ3v) is 10.6. The van der Waals surface area contributed by atoms with Crippen molar-refractivity contribution < 1.29 is 111 Å². The molecule has 12 N–H and O–H groups in total. The van der Waals surface area contributed by atoms with Crippen LogP contribution in [-0.4, -0.2) is 177 Å². The molecule has 0 aliphatic carbocycles. The number of carbonyl (C=O) groups excluding carboxylic acids is 4. The summed E-state index contributed by atoms with van der Waals surface area (Å²) in [7, 11) is 3.41. The number of carbonyl (C=O) groups is 4. The molecule has 21 nitrogen and oxygen atoms in total. The predicted octanol–water partition coefficient (Wildman–Crippen LogP) is 5.61.